The van der Waals surface area contributed by atoms with Crippen molar-refractivity contribution in [3.8, 4) is 11.1 Å². The maximum Gasteiger partial charge on any atom is 0.148 e. The lowest BCUT2D eigenvalue weighted by Crippen LogP contribution is -1.96. The Hall–Kier alpha value is -1.67. The molecule has 82 valence electrons. The van der Waals surface area contributed by atoms with E-state index in [9.17, 15) is 4.39 Å². The van der Waals surface area contributed by atoms with E-state index >= 15 is 0 Å². The van der Waals surface area contributed by atoms with E-state index in [0.29, 0.717) is 5.56 Å². The number of benzene rings is 2. The predicted molar refractivity (Wildman–Crippen MR) is 62.8 cm³/mol. The van der Waals surface area contributed by atoms with E-state index in [-0.39, 0.29) is 0 Å². The minimum atomic E-state index is -1.29. The second-order valence-electron chi connectivity index (χ2n) is 3.64. The maximum atomic E-state index is 13.1. The molecule has 1 N–H and O–H groups in total. The summed E-state index contributed by atoms with van der Waals surface area (Å²) in [6.45, 7) is -0.468. The molecule has 0 amide bonds. The SMILES string of the molecule is OCC(F)c1ccc(-c2ccccc2)cc1. The van der Waals surface area contributed by atoms with Gasteiger partial charge in [-0.3, -0.25) is 0 Å². The number of rotatable bonds is 3. The average molecular weight is 216 g/mol. The molecule has 0 saturated heterocycles. The minimum Gasteiger partial charge on any atom is -0.393 e. The quantitative estimate of drug-likeness (QED) is 0.834. The van der Waals surface area contributed by atoms with E-state index < -0.39 is 12.8 Å². The number of hydrogen-bond acceptors (Lipinski definition) is 1. The van der Waals surface area contributed by atoms with Gasteiger partial charge >= 0.3 is 0 Å². The van der Waals surface area contributed by atoms with Gasteiger partial charge in [-0.05, 0) is 16.7 Å². The van der Waals surface area contributed by atoms with Crippen LogP contribution in [0.3, 0.4) is 0 Å². The molecule has 0 aliphatic carbocycles. The number of halogens is 1. The topological polar surface area (TPSA) is 20.2 Å². The van der Waals surface area contributed by atoms with E-state index in [4.69, 9.17) is 5.11 Å². The van der Waals surface area contributed by atoms with Gasteiger partial charge in [-0.15, -0.1) is 0 Å². The van der Waals surface area contributed by atoms with E-state index in [1.54, 1.807) is 12.1 Å². The summed E-state index contributed by atoms with van der Waals surface area (Å²) in [7, 11) is 0. The van der Waals surface area contributed by atoms with Gasteiger partial charge in [0.1, 0.15) is 6.17 Å². The lowest BCUT2D eigenvalue weighted by atomic mass is 10.0. The molecular formula is C14H13FO. The molecule has 0 radical (unpaired) electrons. The second-order valence-corrected chi connectivity index (χ2v) is 3.64. The minimum absolute atomic E-state index is 0.468. The van der Waals surface area contributed by atoms with Crippen LogP contribution >= 0.6 is 0 Å². The molecule has 1 atom stereocenters. The molecule has 0 aromatic heterocycles. The fourth-order valence-electron chi connectivity index (χ4n) is 1.62. The van der Waals surface area contributed by atoms with Crippen LogP contribution in [-0.4, -0.2) is 11.7 Å². The summed E-state index contributed by atoms with van der Waals surface area (Å²) in [4.78, 5) is 0. The highest BCUT2D eigenvalue weighted by Crippen LogP contribution is 2.22. The van der Waals surface area contributed by atoms with Gasteiger partial charge in [-0.25, -0.2) is 4.39 Å². The highest BCUT2D eigenvalue weighted by atomic mass is 19.1. The Morgan fingerprint density at radius 2 is 1.44 bits per heavy atom. The second kappa shape index (κ2) is 4.90. The van der Waals surface area contributed by atoms with Crippen molar-refractivity contribution in [1.29, 1.82) is 0 Å². The van der Waals surface area contributed by atoms with E-state index in [1.807, 2.05) is 42.5 Å². The van der Waals surface area contributed by atoms with Crippen molar-refractivity contribution in [2.75, 3.05) is 6.61 Å². The third kappa shape index (κ3) is 2.28. The zero-order chi connectivity index (χ0) is 11.4. The zero-order valence-electron chi connectivity index (χ0n) is 8.81. The van der Waals surface area contributed by atoms with Crippen molar-refractivity contribution in [3.63, 3.8) is 0 Å². The average Bonchev–Trinajstić information content (AvgIpc) is 2.39. The Morgan fingerprint density at radius 1 is 0.875 bits per heavy atom. The summed E-state index contributed by atoms with van der Waals surface area (Å²) in [5, 5.41) is 8.70. The van der Waals surface area contributed by atoms with Crippen LogP contribution in [0.15, 0.2) is 54.6 Å². The van der Waals surface area contributed by atoms with E-state index in [1.165, 1.54) is 0 Å². The van der Waals surface area contributed by atoms with Crippen LogP contribution in [0.25, 0.3) is 11.1 Å². The van der Waals surface area contributed by atoms with Gasteiger partial charge in [-0.2, -0.15) is 0 Å². The molecule has 0 aliphatic rings. The highest BCUT2D eigenvalue weighted by Gasteiger charge is 2.07. The lowest BCUT2D eigenvalue weighted by Gasteiger charge is -2.06. The first kappa shape index (κ1) is 10.8. The number of hydrogen-bond donors (Lipinski definition) is 1. The van der Waals surface area contributed by atoms with Crippen LogP contribution in [0.1, 0.15) is 11.7 Å². The monoisotopic (exact) mass is 216 g/mol. The van der Waals surface area contributed by atoms with E-state index in [2.05, 4.69) is 0 Å². The van der Waals surface area contributed by atoms with Gasteiger partial charge in [0.05, 0.1) is 6.61 Å². The first-order chi connectivity index (χ1) is 7.81. The first-order valence-electron chi connectivity index (χ1n) is 5.21. The Bertz CT molecular complexity index is 436. The molecule has 2 rings (SSSR count). The van der Waals surface area contributed by atoms with E-state index in [0.717, 1.165) is 11.1 Å². The molecule has 0 heterocycles. The summed E-state index contributed by atoms with van der Waals surface area (Å²) in [5.41, 5.74) is 2.67. The molecule has 1 unspecified atom stereocenters. The normalized spacial score (nSPS) is 12.4. The highest BCUT2D eigenvalue weighted by molar-refractivity contribution is 5.63. The molecule has 0 fully saturated rings. The summed E-state index contributed by atoms with van der Waals surface area (Å²) in [6.07, 6.45) is -1.29. The lowest BCUT2D eigenvalue weighted by molar-refractivity contribution is 0.180. The van der Waals surface area contributed by atoms with Gasteiger partial charge in [0.25, 0.3) is 0 Å². The Balaban J connectivity index is 2.26. The standard InChI is InChI=1S/C14H13FO/c15-14(10-16)13-8-6-12(7-9-13)11-4-2-1-3-5-11/h1-9,14,16H,10H2. The van der Waals surface area contributed by atoms with Gasteiger partial charge < -0.3 is 5.11 Å². The van der Waals surface area contributed by atoms with Crippen molar-refractivity contribution in [2.45, 2.75) is 6.17 Å². The molecule has 0 saturated carbocycles. The van der Waals surface area contributed by atoms with Crippen LogP contribution in [0.5, 0.6) is 0 Å². The fraction of sp³-hybridized carbons (Fsp3) is 0.143. The van der Waals surface area contributed by atoms with Crippen molar-refractivity contribution in [3.05, 3.63) is 60.2 Å². The third-order valence-electron chi connectivity index (χ3n) is 2.54. The molecule has 0 bridgehead atoms. The number of aliphatic hydroxyl groups excluding tert-OH is 1. The van der Waals surface area contributed by atoms with Gasteiger partial charge in [0, 0.05) is 0 Å². The number of alkyl halides is 1. The van der Waals surface area contributed by atoms with Crippen LogP contribution in [0.4, 0.5) is 4.39 Å². The molecule has 2 aromatic carbocycles. The predicted octanol–water partition coefficient (Wildman–Crippen LogP) is 3.36. The van der Waals surface area contributed by atoms with Gasteiger partial charge in [-0.1, -0.05) is 54.6 Å². The summed E-state index contributed by atoms with van der Waals surface area (Å²) < 4.78 is 13.1. The molecule has 2 heteroatoms. The Morgan fingerprint density at radius 3 is 2.00 bits per heavy atom. The summed E-state index contributed by atoms with van der Waals surface area (Å²) >= 11 is 0. The molecule has 2 aromatic rings. The fourth-order valence-corrected chi connectivity index (χ4v) is 1.62. The van der Waals surface area contributed by atoms with Crippen LogP contribution in [0, 0.1) is 0 Å². The van der Waals surface area contributed by atoms with Crippen LogP contribution in [-0.2, 0) is 0 Å². The zero-order valence-corrected chi connectivity index (χ0v) is 8.81. The van der Waals surface area contributed by atoms with Gasteiger partial charge in [0.15, 0.2) is 0 Å². The summed E-state index contributed by atoms with van der Waals surface area (Å²) in [6, 6.07) is 17.1. The first-order valence-corrected chi connectivity index (χ1v) is 5.21. The Kier molecular flexibility index (Phi) is 3.32. The summed E-state index contributed by atoms with van der Waals surface area (Å²) in [5.74, 6) is 0. The molecule has 0 spiro atoms. The van der Waals surface area contributed by atoms with Crippen molar-refractivity contribution in [1.82, 2.24) is 0 Å². The Labute approximate surface area is 94.2 Å². The number of aliphatic hydroxyl groups is 1. The van der Waals surface area contributed by atoms with Crippen molar-refractivity contribution < 1.29 is 9.50 Å². The van der Waals surface area contributed by atoms with Crippen LogP contribution < -0.4 is 0 Å². The largest absolute Gasteiger partial charge is 0.393 e. The maximum absolute atomic E-state index is 13.1. The molecular weight excluding hydrogens is 203 g/mol. The van der Waals surface area contributed by atoms with Crippen molar-refractivity contribution >= 4 is 0 Å². The van der Waals surface area contributed by atoms with Crippen LogP contribution in [0.2, 0.25) is 0 Å². The smallest absolute Gasteiger partial charge is 0.148 e. The van der Waals surface area contributed by atoms with Gasteiger partial charge in [0.2, 0.25) is 0 Å². The molecule has 1 nitrogen and oxygen atoms in total. The third-order valence-corrected chi connectivity index (χ3v) is 2.54. The molecule has 0 aliphatic heterocycles. The van der Waals surface area contributed by atoms with Crippen molar-refractivity contribution in [2.24, 2.45) is 0 Å². The molecule has 16 heavy (non-hydrogen) atoms.